The second-order valence-corrected chi connectivity index (χ2v) is 7.74. The maximum Gasteiger partial charge on any atom is 0.346 e. The molecule has 0 aliphatic rings. The normalized spacial score (nSPS) is 11.0. The minimum Gasteiger partial charge on any atom is -0.422 e. The van der Waals surface area contributed by atoms with Gasteiger partial charge in [-0.1, -0.05) is 35.1 Å². The van der Waals surface area contributed by atoms with Crippen molar-refractivity contribution in [3.63, 3.8) is 0 Å². The van der Waals surface area contributed by atoms with E-state index in [2.05, 4.69) is 34.3 Å². The van der Waals surface area contributed by atoms with E-state index in [0.29, 0.717) is 26.3 Å². The number of hydrogen-bond donors (Lipinski definition) is 1. The number of benzene rings is 2. The van der Waals surface area contributed by atoms with Crippen molar-refractivity contribution in [3.05, 3.63) is 64.0 Å². The van der Waals surface area contributed by atoms with Crippen LogP contribution in [0, 0.1) is 0 Å². The molecule has 0 saturated heterocycles. The summed E-state index contributed by atoms with van der Waals surface area (Å²) in [5, 5.41) is 13.9. The molecule has 4 rings (SSSR count). The average molecular weight is 427 g/mol. The molecular formula is C21H19ClN4O2S. The smallest absolute Gasteiger partial charge is 0.346 e. The molecule has 148 valence electrons. The number of nitrogens with one attached hydrogen (secondary N) is 1. The predicted octanol–water partition coefficient (Wildman–Crippen LogP) is 5.55. The standard InChI is InChI=1S/C21H19ClN4O2S/c1-3-26(4-2)14-10-9-13-11-15(20(27)28-18(13)12-14)19-24-25-21(29-19)23-17-8-6-5-7-16(17)22/h5-12H,3-4H2,1-2H3,(H,23,25). The second kappa shape index (κ2) is 8.23. The van der Waals surface area contributed by atoms with Crippen molar-refractivity contribution in [2.75, 3.05) is 23.3 Å². The summed E-state index contributed by atoms with van der Waals surface area (Å²) in [4.78, 5) is 14.8. The van der Waals surface area contributed by atoms with Crippen LogP contribution >= 0.6 is 22.9 Å². The summed E-state index contributed by atoms with van der Waals surface area (Å²) in [6.45, 7) is 5.96. The molecule has 8 heteroatoms. The van der Waals surface area contributed by atoms with Crippen LogP contribution in [0.2, 0.25) is 5.02 Å². The maximum absolute atomic E-state index is 12.6. The average Bonchev–Trinajstić information content (AvgIpc) is 3.18. The monoisotopic (exact) mass is 426 g/mol. The molecule has 0 unspecified atom stereocenters. The van der Waals surface area contributed by atoms with Crippen molar-refractivity contribution in [1.29, 1.82) is 0 Å². The zero-order chi connectivity index (χ0) is 20.4. The minimum atomic E-state index is -0.436. The van der Waals surface area contributed by atoms with Gasteiger partial charge in [-0.2, -0.15) is 0 Å². The molecule has 2 aromatic carbocycles. The van der Waals surface area contributed by atoms with Gasteiger partial charge < -0.3 is 14.6 Å². The summed E-state index contributed by atoms with van der Waals surface area (Å²) in [7, 11) is 0. The lowest BCUT2D eigenvalue weighted by Gasteiger charge is -2.20. The van der Waals surface area contributed by atoms with Crippen molar-refractivity contribution in [2.24, 2.45) is 0 Å². The Balaban J connectivity index is 1.67. The Morgan fingerprint density at radius 2 is 1.90 bits per heavy atom. The van der Waals surface area contributed by atoms with E-state index in [1.165, 1.54) is 11.3 Å². The molecule has 0 fully saturated rings. The highest BCUT2D eigenvalue weighted by atomic mass is 35.5. The highest BCUT2D eigenvalue weighted by molar-refractivity contribution is 7.18. The Morgan fingerprint density at radius 3 is 2.66 bits per heavy atom. The van der Waals surface area contributed by atoms with Crippen LogP contribution in [0.3, 0.4) is 0 Å². The molecule has 0 saturated carbocycles. The lowest BCUT2D eigenvalue weighted by molar-refractivity contribution is 0.563. The number of hydrogen-bond acceptors (Lipinski definition) is 7. The summed E-state index contributed by atoms with van der Waals surface area (Å²) in [5.41, 5.74) is 2.27. The van der Waals surface area contributed by atoms with E-state index in [4.69, 9.17) is 16.0 Å². The highest BCUT2D eigenvalue weighted by Gasteiger charge is 2.15. The Bertz CT molecular complexity index is 1220. The van der Waals surface area contributed by atoms with Gasteiger partial charge in [0.15, 0.2) is 5.01 Å². The highest BCUT2D eigenvalue weighted by Crippen LogP contribution is 2.31. The zero-order valence-corrected chi connectivity index (χ0v) is 17.5. The van der Waals surface area contributed by atoms with Crippen molar-refractivity contribution in [1.82, 2.24) is 10.2 Å². The third kappa shape index (κ3) is 3.97. The third-order valence-electron chi connectivity index (χ3n) is 4.62. The minimum absolute atomic E-state index is 0.387. The first kappa shape index (κ1) is 19.4. The van der Waals surface area contributed by atoms with E-state index in [-0.39, 0.29) is 0 Å². The first-order valence-corrected chi connectivity index (χ1v) is 10.5. The van der Waals surface area contributed by atoms with Crippen LogP contribution in [0.15, 0.2) is 57.7 Å². The molecule has 1 N–H and O–H groups in total. The third-order valence-corrected chi connectivity index (χ3v) is 5.82. The fourth-order valence-electron chi connectivity index (χ4n) is 3.09. The topological polar surface area (TPSA) is 71.3 Å². The van der Waals surface area contributed by atoms with Crippen molar-refractivity contribution < 1.29 is 4.42 Å². The largest absolute Gasteiger partial charge is 0.422 e. The molecule has 0 aliphatic carbocycles. The Morgan fingerprint density at radius 1 is 1.10 bits per heavy atom. The molecule has 6 nitrogen and oxygen atoms in total. The van der Waals surface area contributed by atoms with E-state index in [1.807, 2.05) is 36.4 Å². The summed E-state index contributed by atoms with van der Waals surface area (Å²) in [6.07, 6.45) is 0. The Hall–Kier alpha value is -2.90. The van der Waals surface area contributed by atoms with Crippen molar-refractivity contribution >= 4 is 50.4 Å². The number of nitrogens with zero attached hydrogens (tertiary/aromatic N) is 3. The number of aromatic nitrogens is 2. The lowest BCUT2D eigenvalue weighted by atomic mass is 10.1. The van der Waals surface area contributed by atoms with Gasteiger partial charge >= 0.3 is 5.63 Å². The molecule has 0 radical (unpaired) electrons. The summed E-state index contributed by atoms with van der Waals surface area (Å²) in [5.74, 6) is 0. The number of anilines is 3. The van der Waals surface area contributed by atoms with Gasteiger partial charge in [0.25, 0.3) is 0 Å². The SMILES string of the molecule is CCN(CC)c1ccc2cc(-c3nnc(Nc4ccccc4Cl)s3)c(=O)oc2c1. The van der Waals surface area contributed by atoms with Gasteiger partial charge in [0.05, 0.1) is 16.3 Å². The van der Waals surface area contributed by atoms with Gasteiger partial charge in [-0.3, -0.25) is 0 Å². The number of fused-ring (bicyclic) bond motifs is 1. The van der Waals surface area contributed by atoms with E-state index in [1.54, 1.807) is 12.1 Å². The molecule has 2 heterocycles. The molecule has 29 heavy (non-hydrogen) atoms. The van der Waals surface area contributed by atoms with Crippen LogP contribution in [-0.4, -0.2) is 23.3 Å². The molecule has 4 aromatic rings. The number of halogens is 1. The van der Waals surface area contributed by atoms with Crippen LogP contribution in [0.25, 0.3) is 21.5 Å². The quantitative estimate of drug-likeness (QED) is 0.407. The molecule has 0 bridgehead atoms. The van der Waals surface area contributed by atoms with Crippen LogP contribution in [0.4, 0.5) is 16.5 Å². The van der Waals surface area contributed by atoms with Crippen LogP contribution in [0.5, 0.6) is 0 Å². The zero-order valence-electron chi connectivity index (χ0n) is 16.0. The fraction of sp³-hybridized carbons (Fsp3) is 0.190. The van der Waals surface area contributed by atoms with E-state index in [9.17, 15) is 4.79 Å². The number of rotatable bonds is 6. The summed E-state index contributed by atoms with van der Waals surface area (Å²) >= 11 is 7.44. The van der Waals surface area contributed by atoms with Gasteiger partial charge in [0.2, 0.25) is 5.13 Å². The molecule has 0 amide bonds. The molecular weight excluding hydrogens is 408 g/mol. The van der Waals surface area contributed by atoms with Crippen LogP contribution in [0.1, 0.15) is 13.8 Å². The lowest BCUT2D eigenvalue weighted by Crippen LogP contribution is -2.21. The van der Waals surface area contributed by atoms with Gasteiger partial charge in [0.1, 0.15) is 5.58 Å². The van der Waals surface area contributed by atoms with Gasteiger partial charge in [-0.05, 0) is 44.2 Å². The summed E-state index contributed by atoms with van der Waals surface area (Å²) in [6, 6.07) is 15.1. The Kier molecular flexibility index (Phi) is 5.51. The first-order chi connectivity index (χ1) is 14.1. The van der Waals surface area contributed by atoms with Crippen LogP contribution < -0.4 is 15.8 Å². The second-order valence-electron chi connectivity index (χ2n) is 6.36. The molecule has 0 aliphatic heterocycles. The van der Waals surface area contributed by atoms with Crippen LogP contribution in [-0.2, 0) is 0 Å². The van der Waals surface area contributed by atoms with Crippen molar-refractivity contribution in [2.45, 2.75) is 13.8 Å². The van der Waals surface area contributed by atoms with Gasteiger partial charge in [-0.15, -0.1) is 10.2 Å². The predicted molar refractivity (Wildman–Crippen MR) is 120 cm³/mol. The maximum atomic E-state index is 12.6. The fourth-order valence-corrected chi connectivity index (χ4v) is 4.04. The number of para-hydroxylation sites is 1. The van der Waals surface area contributed by atoms with Gasteiger partial charge in [-0.25, -0.2) is 4.79 Å². The first-order valence-electron chi connectivity index (χ1n) is 9.27. The molecule has 0 spiro atoms. The Labute approximate surface area is 176 Å². The molecule has 2 aromatic heterocycles. The van der Waals surface area contributed by atoms with E-state index < -0.39 is 5.63 Å². The van der Waals surface area contributed by atoms with Gasteiger partial charge in [0, 0.05) is 30.2 Å². The van der Waals surface area contributed by atoms with Crippen molar-refractivity contribution in [3.8, 4) is 10.6 Å². The summed E-state index contributed by atoms with van der Waals surface area (Å²) < 4.78 is 5.59. The molecule has 0 atom stereocenters. The van der Waals surface area contributed by atoms with E-state index >= 15 is 0 Å². The van der Waals surface area contributed by atoms with E-state index in [0.717, 1.165) is 29.9 Å².